The molecule has 1 aliphatic carbocycles. The molecule has 3 nitrogen and oxygen atoms in total. The first kappa shape index (κ1) is 12.9. The van der Waals surface area contributed by atoms with E-state index in [1.54, 1.807) is 0 Å². The Morgan fingerprint density at radius 2 is 1.94 bits per heavy atom. The summed E-state index contributed by atoms with van der Waals surface area (Å²) in [6.45, 7) is 0.922. The Morgan fingerprint density at radius 3 is 2.65 bits per heavy atom. The molecule has 17 heavy (non-hydrogen) atoms. The van der Waals surface area contributed by atoms with Gasteiger partial charge in [0.1, 0.15) is 0 Å². The molecule has 3 atom stereocenters. The smallest absolute Gasteiger partial charge is 0.306 e. The largest absolute Gasteiger partial charge is 0.481 e. The number of aliphatic carboxylic acids is 1. The topological polar surface area (TPSA) is 46.5 Å². The fraction of sp³-hybridized carbons (Fsp3) is 0.929. The summed E-state index contributed by atoms with van der Waals surface area (Å²) in [5.41, 5.74) is 0. The molecule has 0 aromatic heterocycles. The van der Waals surface area contributed by atoms with Gasteiger partial charge in [-0.3, -0.25) is 4.79 Å². The lowest BCUT2D eigenvalue weighted by Gasteiger charge is -2.28. The number of hydrogen-bond donors (Lipinski definition) is 1. The fourth-order valence-corrected chi connectivity index (χ4v) is 3.36. The minimum atomic E-state index is -0.577. The molecule has 98 valence electrons. The minimum Gasteiger partial charge on any atom is -0.481 e. The summed E-state index contributed by atoms with van der Waals surface area (Å²) >= 11 is 0. The molecule has 0 radical (unpaired) electrons. The number of ether oxygens (including phenoxy) is 1. The summed E-state index contributed by atoms with van der Waals surface area (Å²) in [5.74, 6) is -0.234. The van der Waals surface area contributed by atoms with Crippen LogP contribution in [-0.2, 0) is 9.53 Å². The second-order valence-corrected chi connectivity index (χ2v) is 5.56. The molecule has 1 saturated heterocycles. The summed E-state index contributed by atoms with van der Waals surface area (Å²) < 4.78 is 5.60. The van der Waals surface area contributed by atoms with E-state index in [1.165, 1.54) is 19.3 Å². The van der Waals surface area contributed by atoms with Crippen LogP contribution in [0.3, 0.4) is 0 Å². The Kier molecular flexibility index (Phi) is 4.84. The first-order valence-electron chi connectivity index (χ1n) is 7.12. The molecule has 3 heteroatoms. The molecule has 1 N–H and O–H groups in total. The summed E-state index contributed by atoms with van der Waals surface area (Å²) in [5, 5.41) is 9.19. The van der Waals surface area contributed by atoms with Crippen molar-refractivity contribution in [2.45, 2.75) is 63.9 Å². The summed E-state index contributed by atoms with van der Waals surface area (Å²) in [4.78, 5) is 11.2. The molecule has 0 bridgehead atoms. The second kappa shape index (κ2) is 6.39. The molecule has 1 aliphatic heterocycles. The monoisotopic (exact) mass is 240 g/mol. The average Bonchev–Trinajstić information content (AvgIpc) is 2.82. The van der Waals surface area contributed by atoms with E-state index in [0.717, 1.165) is 45.1 Å². The first-order chi connectivity index (χ1) is 8.27. The number of hydrogen-bond acceptors (Lipinski definition) is 2. The quantitative estimate of drug-likeness (QED) is 0.802. The number of carboxylic acids is 1. The Morgan fingerprint density at radius 1 is 1.12 bits per heavy atom. The van der Waals surface area contributed by atoms with Crippen LogP contribution in [0, 0.1) is 11.8 Å². The van der Waals surface area contributed by atoms with Gasteiger partial charge >= 0.3 is 5.97 Å². The van der Waals surface area contributed by atoms with Gasteiger partial charge in [0, 0.05) is 6.61 Å². The van der Waals surface area contributed by atoms with Crippen LogP contribution in [0.4, 0.5) is 0 Å². The van der Waals surface area contributed by atoms with E-state index in [4.69, 9.17) is 4.74 Å². The van der Waals surface area contributed by atoms with Crippen LogP contribution in [0.2, 0.25) is 0 Å². The predicted octanol–water partition coefficient (Wildman–Crippen LogP) is 3.23. The predicted molar refractivity (Wildman–Crippen MR) is 65.9 cm³/mol. The SMILES string of the molecule is O=C(O)C1CCCCC1CCCC1CCCO1. The zero-order valence-electron chi connectivity index (χ0n) is 10.6. The van der Waals surface area contributed by atoms with Crippen molar-refractivity contribution < 1.29 is 14.6 Å². The summed E-state index contributed by atoms with van der Waals surface area (Å²) in [6, 6.07) is 0. The van der Waals surface area contributed by atoms with Crippen LogP contribution in [-0.4, -0.2) is 23.8 Å². The van der Waals surface area contributed by atoms with E-state index in [2.05, 4.69) is 0 Å². The molecule has 2 aliphatic rings. The molecule has 1 heterocycles. The van der Waals surface area contributed by atoms with Crippen LogP contribution >= 0.6 is 0 Å². The van der Waals surface area contributed by atoms with Gasteiger partial charge in [0.05, 0.1) is 12.0 Å². The molecular formula is C14H24O3. The number of carboxylic acid groups (broad SMARTS) is 1. The Labute approximate surface area is 104 Å². The molecule has 0 aromatic carbocycles. The maximum atomic E-state index is 11.2. The Hall–Kier alpha value is -0.570. The lowest BCUT2D eigenvalue weighted by molar-refractivity contribution is -0.145. The van der Waals surface area contributed by atoms with Gasteiger partial charge in [0.25, 0.3) is 0 Å². The average molecular weight is 240 g/mol. The van der Waals surface area contributed by atoms with Crippen LogP contribution in [0.15, 0.2) is 0 Å². The Bertz CT molecular complexity index is 246. The molecule has 2 fully saturated rings. The van der Waals surface area contributed by atoms with E-state index in [9.17, 15) is 9.90 Å². The van der Waals surface area contributed by atoms with Crippen molar-refractivity contribution in [3.05, 3.63) is 0 Å². The van der Waals surface area contributed by atoms with E-state index < -0.39 is 5.97 Å². The zero-order valence-corrected chi connectivity index (χ0v) is 10.6. The fourth-order valence-electron chi connectivity index (χ4n) is 3.36. The second-order valence-electron chi connectivity index (χ2n) is 5.56. The standard InChI is InChI=1S/C14H24O3/c15-14(16)13-9-2-1-5-11(13)6-3-7-12-8-4-10-17-12/h11-13H,1-10H2,(H,15,16). The maximum absolute atomic E-state index is 11.2. The van der Waals surface area contributed by atoms with Crippen molar-refractivity contribution in [1.29, 1.82) is 0 Å². The molecule has 0 spiro atoms. The highest BCUT2D eigenvalue weighted by atomic mass is 16.5. The van der Waals surface area contributed by atoms with E-state index in [1.807, 2.05) is 0 Å². The highest BCUT2D eigenvalue weighted by Gasteiger charge is 2.30. The highest BCUT2D eigenvalue weighted by Crippen LogP contribution is 2.34. The van der Waals surface area contributed by atoms with Crippen molar-refractivity contribution in [2.24, 2.45) is 11.8 Å². The van der Waals surface area contributed by atoms with Crippen molar-refractivity contribution >= 4 is 5.97 Å². The normalized spacial score (nSPS) is 33.8. The highest BCUT2D eigenvalue weighted by molar-refractivity contribution is 5.70. The van der Waals surface area contributed by atoms with Gasteiger partial charge in [-0.05, 0) is 44.4 Å². The van der Waals surface area contributed by atoms with Crippen LogP contribution < -0.4 is 0 Å². The van der Waals surface area contributed by atoms with Crippen LogP contribution in [0.1, 0.15) is 57.8 Å². The van der Waals surface area contributed by atoms with Gasteiger partial charge in [-0.1, -0.05) is 19.3 Å². The molecule has 1 saturated carbocycles. The van der Waals surface area contributed by atoms with Crippen molar-refractivity contribution in [2.75, 3.05) is 6.61 Å². The molecular weight excluding hydrogens is 216 g/mol. The molecule has 2 rings (SSSR count). The van der Waals surface area contributed by atoms with Crippen molar-refractivity contribution in [1.82, 2.24) is 0 Å². The third kappa shape index (κ3) is 3.70. The van der Waals surface area contributed by atoms with Crippen LogP contribution in [0.25, 0.3) is 0 Å². The van der Waals surface area contributed by atoms with Crippen molar-refractivity contribution in [3.63, 3.8) is 0 Å². The van der Waals surface area contributed by atoms with E-state index >= 15 is 0 Å². The lowest BCUT2D eigenvalue weighted by Crippen LogP contribution is -2.27. The van der Waals surface area contributed by atoms with Crippen molar-refractivity contribution in [3.8, 4) is 0 Å². The summed E-state index contributed by atoms with van der Waals surface area (Å²) in [7, 11) is 0. The maximum Gasteiger partial charge on any atom is 0.306 e. The van der Waals surface area contributed by atoms with Gasteiger partial charge in [-0.2, -0.15) is 0 Å². The number of carbonyl (C=O) groups is 1. The van der Waals surface area contributed by atoms with E-state index in [0.29, 0.717) is 12.0 Å². The Balaban J connectivity index is 1.70. The summed E-state index contributed by atoms with van der Waals surface area (Å²) in [6.07, 6.45) is 10.5. The van der Waals surface area contributed by atoms with Gasteiger partial charge < -0.3 is 9.84 Å². The van der Waals surface area contributed by atoms with Gasteiger partial charge in [0.15, 0.2) is 0 Å². The van der Waals surface area contributed by atoms with Gasteiger partial charge in [-0.15, -0.1) is 0 Å². The molecule has 0 aromatic rings. The third-order valence-corrected chi connectivity index (χ3v) is 4.35. The molecule has 0 amide bonds. The van der Waals surface area contributed by atoms with E-state index in [-0.39, 0.29) is 5.92 Å². The zero-order chi connectivity index (χ0) is 12.1. The minimum absolute atomic E-state index is 0.0757. The van der Waals surface area contributed by atoms with Gasteiger partial charge in [-0.25, -0.2) is 0 Å². The van der Waals surface area contributed by atoms with Crippen LogP contribution in [0.5, 0.6) is 0 Å². The first-order valence-corrected chi connectivity index (χ1v) is 7.12. The van der Waals surface area contributed by atoms with Gasteiger partial charge in [0.2, 0.25) is 0 Å². The molecule has 3 unspecified atom stereocenters. The lowest BCUT2D eigenvalue weighted by atomic mass is 9.76. The third-order valence-electron chi connectivity index (χ3n) is 4.35. The number of rotatable bonds is 5.